The molecule has 1 N–H and O–H groups in total. The van der Waals surface area contributed by atoms with Crippen LogP contribution in [0.1, 0.15) is 52.4 Å². The third kappa shape index (κ3) is 3.39. The minimum absolute atomic E-state index is 0.0592. The number of carbonyl (C=O) groups excluding carboxylic acids is 1. The predicted molar refractivity (Wildman–Crippen MR) is 81.0 cm³/mol. The first-order chi connectivity index (χ1) is 9.84. The number of carboxylic acids is 1. The van der Waals surface area contributed by atoms with Gasteiger partial charge in [-0.05, 0) is 57.9 Å². The van der Waals surface area contributed by atoms with Crippen LogP contribution in [-0.4, -0.2) is 58.5 Å². The quantitative estimate of drug-likeness (QED) is 0.861. The average Bonchev–Trinajstić information content (AvgIpc) is 2.81. The third-order valence-corrected chi connectivity index (χ3v) is 5.50. The second-order valence-electron chi connectivity index (χ2n) is 7.02. The molecule has 1 amide bonds. The lowest BCUT2D eigenvalue weighted by Crippen LogP contribution is -2.52. The van der Waals surface area contributed by atoms with E-state index in [1.54, 1.807) is 6.92 Å². The summed E-state index contributed by atoms with van der Waals surface area (Å²) in [4.78, 5) is 27.6. The number of nitrogens with zero attached hydrogens (tertiary/aromatic N) is 2. The number of amides is 1. The summed E-state index contributed by atoms with van der Waals surface area (Å²) in [6.07, 6.45) is 5.97. The number of carbonyl (C=O) groups is 2. The van der Waals surface area contributed by atoms with Crippen LogP contribution in [0.25, 0.3) is 0 Å². The van der Waals surface area contributed by atoms with Gasteiger partial charge in [0.25, 0.3) is 0 Å². The highest BCUT2D eigenvalue weighted by atomic mass is 16.4. The Hall–Kier alpha value is -1.10. The zero-order chi connectivity index (χ0) is 15.6. The van der Waals surface area contributed by atoms with E-state index in [0.29, 0.717) is 19.0 Å². The Morgan fingerprint density at radius 2 is 1.90 bits per heavy atom. The molecule has 0 aromatic heterocycles. The zero-order valence-electron chi connectivity index (χ0n) is 13.5. The van der Waals surface area contributed by atoms with Crippen molar-refractivity contribution in [3.8, 4) is 0 Å². The molecule has 1 saturated heterocycles. The molecule has 2 aliphatic rings. The van der Waals surface area contributed by atoms with E-state index >= 15 is 0 Å². The molecule has 1 unspecified atom stereocenters. The van der Waals surface area contributed by atoms with Crippen molar-refractivity contribution in [2.24, 2.45) is 5.92 Å². The molecule has 0 spiro atoms. The zero-order valence-corrected chi connectivity index (χ0v) is 13.5. The van der Waals surface area contributed by atoms with Gasteiger partial charge in [0.2, 0.25) is 5.91 Å². The summed E-state index contributed by atoms with van der Waals surface area (Å²) in [5.41, 5.74) is -0.877. The molecule has 0 aromatic rings. The molecule has 2 fully saturated rings. The molecular formula is C16H28N2O3. The van der Waals surface area contributed by atoms with Crippen molar-refractivity contribution in [3.05, 3.63) is 0 Å². The number of likely N-dealkylation sites (tertiary alicyclic amines) is 1. The van der Waals surface area contributed by atoms with Crippen molar-refractivity contribution in [2.45, 2.75) is 64.0 Å². The maximum Gasteiger partial charge on any atom is 0.323 e. The Kier molecular flexibility index (Phi) is 4.91. The number of hydrogen-bond donors (Lipinski definition) is 1. The van der Waals surface area contributed by atoms with Crippen LogP contribution in [0, 0.1) is 5.92 Å². The van der Waals surface area contributed by atoms with Crippen molar-refractivity contribution in [1.82, 2.24) is 9.80 Å². The molecule has 1 aliphatic carbocycles. The van der Waals surface area contributed by atoms with Crippen LogP contribution >= 0.6 is 0 Å². The second-order valence-corrected chi connectivity index (χ2v) is 7.02. The first-order valence-corrected chi connectivity index (χ1v) is 8.08. The van der Waals surface area contributed by atoms with E-state index in [1.807, 2.05) is 16.8 Å². The maximum atomic E-state index is 12.5. The van der Waals surface area contributed by atoms with E-state index < -0.39 is 11.5 Å². The lowest BCUT2D eigenvalue weighted by Gasteiger charge is -2.36. The van der Waals surface area contributed by atoms with Crippen molar-refractivity contribution < 1.29 is 14.7 Å². The average molecular weight is 296 g/mol. The molecule has 120 valence electrons. The topological polar surface area (TPSA) is 60.9 Å². The maximum absolute atomic E-state index is 12.5. The van der Waals surface area contributed by atoms with Crippen molar-refractivity contribution >= 4 is 11.9 Å². The van der Waals surface area contributed by atoms with Gasteiger partial charge in [-0.15, -0.1) is 0 Å². The number of carboxylic acid groups (broad SMARTS) is 1. The standard InChI is InChI=1S/C16H28N2O3/c1-12-5-7-13(8-6-12)17(3)14(19)11-18-10-4-9-16(18,2)15(20)21/h12-13H,4-11H2,1-3H3,(H,20,21). The Labute approximate surface area is 127 Å². The highest BCUT2D eigenvalue weighted by molar-refractivity contribution is 5.82. The molecule has 1 atom stereocenters. The van der Waals surface area contributed by atoms with Gasteiger partial charge in [-0.1, -0.05) is 6.92 Å². The lowest BCUT2D eigenvalue weighted by atomic mass is 9.87. The van der Waals surface area contributed by atoms with Crippen molar-refractivity contribution in [3.63, 3.8) is 0 Å². The van der Waals surface area contributed by atoms with Gasteiger partial charge in [0, 0.05) is 13.1 Å². The third-order valence-electron chi connectivity index (χ3n) is 5.50. The summed E-state index contributed by atoms with van der Waals surface area (Å²) in [5.74, 6) is 0.00417. The van der Waals surface area contributed by atoms with Crippen LogP contribution in [0.2, 0.25) is 0 Å². The predicted octanol–water partition coefficient (Wildman–Crippen LogP) is 1.96. The molecule has 1 saturated carbocycles. The van der Waals surface area contributed by atoms with Crippen LogP contribution < -0.4 is 0 Å². The monoisotopic (exact) mass is 296 g/mol. The fourth-order valence-corrected chi connectivity index (χ4v) is 3.62. The Balaban J connectivity index is 1.93. The van der Waals surface area contributed by atoms with Crippen LogP contribution in [0.5, 0.6) is 0 Å². The van der Waals surface area contributed by atoms with Gasteiger partial charge in [-0.2, -0.15) is 0 Å². The van der Waals surface area contributed by atoms with Crippen molar-refractivity contribution in [1.29, 1.82) is 0 Å². The van der Waals surface area contributed by atoms with Gasteiger partial charge < -0.3 is 10.0 Å². The lowest BCUT2D eigenvalue weighted by molar-refractivity contribution is -0.150. The molecule has 5 nitrogen and oxygen atoms in total. The molecule has 1 aliphatic heterocycles. The number of hydrogen-bond acceptors (Lipinski definition) is 3. The Bertz CT molecular complexity index is 404. The van der Waals surface area contributed by atoms with Crippen LogP contribution in [0.15, 0.2) is 0 Å². The molecule has 1 heterocycles. The largest absolute Gasteiger partial charge is 0.480 e. The van der Waals surface area contributed by atoms with Crippen LogP contribution in [-0.2, 0) is 9.59 Å². The van der Waals surface area contributed by atoms with Gasteiger partial charge >= 0.3 is 5.97 Å². The molecule has 0 aromatic carbocycles. The Morgan fingerprint density at radius 3 is 2.48 bits per heavy atom. The van der Waals surface area contributed by atoms with Crippen molar-refractivity contribution in [2.75, 3.05) is 20.1 Å². The van der Waals surface area contributed by atoms with Gasteiger partial charge in [0.1, 0.15) is 5.54 Å². The SMILES string of the molecule is CC1CCC(N(C)C(=O)CN2CCCC2(C)C(=O)O)CC1. The first-order valence-electron chi connectivity index (χ1n) is 8.08. The summed E-state index contributed by atoms with van der Waals surface area (Å²) in [6, 6.07) is 0.326. The highest BCUT2D eigenvalue weighted by Crippen LogP contribution is 2.30. The van der Waals surface area contributed by atoms with Gasteiger partial charge in [0.05, 0.1) is 6.54 Å². The Morgan fingerprint density at radius 1 is 1.29 bits per heavy atom. The second kappa shape index (κ2) is 6.34. The van der Waals surface area contributed by atoms with E-state index in [0.717, 1.165) is 25.2 Å². The summed E-state index contributed by atoms with van der Waals surface area (Å²) >= 11 is 0. The summed E-state index contributed by atoms with van der Waals surface area (Å²) in [5, 5.41) is 9.41. The summed E-state index contributed by atoms with van der Waals surface area (Å²) < 4.78 is 0. The molecular weight excluding hydrogens is 268 g/mol. The molecule has 2 rings (SSSR count). The van der Waals surface area contributed by atoms with Crippen LogP contribution in [0.3, 0.4) is 0 Å². The highest BCUT2D eigenvalue weighted by Gasteiger charge is 2.44. The fourth-order valence-electron chi connectivity index (χ4n) is 3.62. The van der Waals surface area contributed by atoms with E-state index in [2.05, 4.69) is 6.92 Å². The van der Waals surface area contributed by atoms with Gasteiger partial charge in [-0.3, -0.25) is 14.5 Å². The van der Waals surface area contributed by atoms with Gasteiger partial charge in [-0.25, -0.2) is 0 Å². The molecule has 0 bridgehead atoms. The minimum Gasteiger partial charge on any atom is -0.480 e. The van der Waals surface area contributed by atoms with Gasteiger partial charge in [0.15, 0.2) is 0 Å². The summed E-state index contributed by atoms with van der Waals surface area (Å²) in [6.45, 7) is 4.92. The first kappa shape index (κ1) is 16.3. The normalized spacial score (nSPS) is 33.9. The minimum atomic E-state index is -0.877. The number of aliphatic carboxylic acids is 1. The van der Waals surface area contributed by atoms with E-state index in [4.69, 9.17) is 0 Å². The molecule has 21 heavy (non-hydrogen) atoms. The van der Waals surface area contributed by atoms with E-state index in [1.165, 1.54) is 12.8 Å². The number of likely N-dealkylation sites (N-methyl/N-ethyl adjacent to an activating group) is 1. The van der Waals surface area contributed by atoms with E-state index in [-0.39, 0.29) is 12.5 Å². The summed E-state index contributed by atoms with van der Waals surface area (Å²) in [7, 11) is 1.87. The smallest absolute Gasteiger partial charge is 0.323 e. The molecule has 0 radical (unpaired) electrons. The number of rotatable bonds is 4. The fraction of sp³-hybridized carbons (Fsp3) is 0.875. The van der Waals surface area contributed by atoms with Crippen LogP contribution in [0.4, 0.5) is 0 Å². The molecule has 5 heteroatoms. The van der Waals surface area contributed by atoms with E-state index in [9.17, 15) is 14.7 Å².